The van der Waals surface area contributed by atoms with Crippen molar-refractivity contribution in [3.8, 4) is 23.8 Å². The molecule has 0 atom stereocenters. The molecule has 96 valence electrons. The first-order valence-electron chi connectivity index (χ1n) is 5.47. The van der Waals surface area contributed by atoms with Crippen LogP contribution < -0.4 is 9.47 Å². The third-order valence-corrected chi connectivity index (χ3v) is 2.25. The molecule has 0 radical (unpaired) electrons. The Bertz CT molecular complexity index is 600. The molecule has 0 spiro atoms. The minimum absolute atomic E-state index is 0.199. The van der Waals surface area contributed by atoms with Gasteiger partial charge in [0.2, 0.25) is 0 Å². The molecule has 0 saturated heterocycles. The van der Waals surface area contributed by atoms with E-state index in [0.717, 1.165) is 5.56 Å². The van der Waals surface area contributed by atoms with Gasteiger partial charge in [-0.05, 0) is 23.8 Å². The second-order valence-corrected chi connectivity index (χ2v) is 3.49. The Hall–Kier alpha value is -2.81. The lowest BCUT2D eigenvalue weighted by Gasteiger charge is -2.08. The normalized spacial score (nSPS) is 10.3. The quantitative estimate of drug-likeness (QED) is 0.595. The van der Waals surface area contributed by atoms with Crippen LogP contribution in [-0.4, -0.2) is 34.8 Å². The van der Waals surface area contributed by atoms with E-state index in [4.69, 9.17) is 15.9 Å². The molecular formula is C13H12N4O2. The van der Waals surface area contributed by atoms with Crippen molar-refractivity contribution >= 4 is 6.21 Å². The third kappa shape index (κ3) is 3.33. The molecule has 0 saturated carbocycles. The number of hydrogen-bond acceptors (Lipinski definition) is 5. The number of benzene rings is 1. The van der Waals surface area contributed by atoms with Gasteiger partial charge in [-0.25, -0.2) is 4.68 Å². The smallest absolute Gasteiger partial charge is 0.162 e. The molecule has 1 heterocycles. The SMILES string of the molecule is C#CCOc1ccc(C=Nn2cnnc2)cc1OC. The lowest BCUT2D eigenvalue weighted by molar-refractivity contribution is 0.331. The van der Waals surface area contributed by atoms with Gasteiger partial charge in [0, 0.05) is 0 Å². The van der Waals surface area contributed by atoms with E-state index in [-0.39, 0.29) is 6.61 Å². The van der Waals surface area contributed by atoms with E-state index >= 15 is 0 Å². The Morgan fingerprint density at radius 2 is 2.16 bits per heavy atom. The van der Waals surface area contributed by atoms with E-state index in [9.17, 15) is 0 Å². The number of rotatable bonds is 5. The average Bonchev–Trinajstić information content (AvgIpc) is 2.96. The number of methoxy groups -OCH3 is 1. The minimum Gasteiger partial charge on any atom is -0.493 e. The zero-order valence-electron chi connectivity index (χ0n) is 10.4. The third-order valence-electron chi connectivity index (χ3n) is 2.25. The van der Waals surface area contributed by atoms with Gasteiger partial charge in [0.15, 0.2) is 11.5 Å². The zero-order valence-corrected chi connectivity index (χ0v) is 10.4. The van der Waals surface area contributed by atoms with E-state index < -0.39 is 0 Å². The minimum atomic E-state index is 0.199. The number of hydrogen-bond donors (Lipinski definition) is 0. The monoisotopic (exact) mass is 256 g/mol. The molecule has 6 nitrogen and oxygen atoms in total. The average molecular weight is 256 g/mol. The molecule has 2 rings (SSSR count). The Balaban J connectivity index is 2.17. The van der Waals surface area contributed by atoms with Crippen LogP contribution >= 0.6 is 0 Å². The summed E-state index contributed by atoms with van der Waals surface area (Å²) < 4.78 is 12.1. The molecule has 0 unspecified atom stereocenters. The highest BCUT2D eigenvalue weighted by atomic mass is 16.5. The van der Waals surface area contributed by atoms with Gasteiger partial charge >= 0.3 is 0 Å². The number of terminal acetylenes is 1. The maximum absolute atomic E-state index is 5.35. The van der Waals surface area contributed by atoms with Crippen LogP contribution in [0.25, 0.3) is 0 Å². The first-order chi connectivity index (χ1) is 9.33. The van der Waals surface area contributed by atoms with Gasteiger partial charge in [0.1, 0.15) is 19.3 Å². The van der Waals surface area contributed by atoms with Gasteiger partial charge in [-0.15, -0.1) is 16.6 Å². The summed E-state index contributed by atoms with van der Waals surface area (Å²) in [5.41, 5.74) is 0.860. The summed E-state index contributed by atoms with van der Waals surface area (Å²) in [6, 6.07) is 5.44. The molecule has 19 heavy (non-hydrogen) atoms. The first-order valence-corrected chi connectivity index (χ1v) is 5.47. The predicted molar refractivity (Wildman–Crippen MR) is 70.3 cm³/mol. The molecule has 1 aromatic carbocycles. The van der Waals surface area contributed by atoms with Gasteiger partial charge in [-0.1, -0.05) is 5.92 Å². The van der Waals surface area contributed by atoms with Gasteiger partial charge in [0.05, 0.1) is 13.3 Å². The van der Waals surface area contributed by atoms with Gasteiger partial charge in [-0.3, -0.25) is 0 Å². The van der Waals surface area contributed by atoms with E-state index in [1.807, 2.05) is 6.07 Å². The maximum atomic E-state index is 5.35. The Kier molecular flexibility index (Phi) is 4.13. The van der Waals surface area contributed by atoms with Crippen LogP contribution in [0.5, 0.6) is 11.5 Å². The fourth-order valence-electron chi connectivity index (χ4n) is 1.39. The second-order valence-electron chi connectivity index (χ2n) is 3.49. The highest BCUT2D eigenvalue weighted by molar-refractivity contribution is 5.80. The summed E-state index contributed by atoms with van der Waals surface area (Å²) in [4.78, 5) is 0. The summed E-state index contributed by atoms with van der Waals surface area (Å²) in [6.07, 6.45) is 9.81. The first kappa shape index (κ1) is 12.6. The molecule has 0 amide bonds. The van der Waals surface area contributed by atoms with Crippen molar-refractivity contribution in [2.45, 2.75) is 0 Å². The molecular weight excluding hydrogens is 244 g/mol. The summed E-state index contributed by atoms with van der Waals surface area (Å²) in [7, 11) is 1.57. The zero-order chi connectivity index (χ0) is 13.5. The lowest BCUT2D eigenvalue weighted by Crippen LogP contribution is -1.97. The summed E-state index contributed by atoms with van der Waals surface area (Å²) >= 11 is 0. The largest absolute Gasteiger partial charge is 0.493 e. The van der Waals surface area contributed by atoms with Crippen molar-refractivity contribution < 1.29 is 9.47 Å². The highest BCUT2D eigenvalue weighted by Crippen LogP contribution is 2.27. The fraction of sp³-hybridized carbons (Fsp3) is 0.154. The van der Waals surface area contributed by atoms with Crippen molar-refractivity contribution in [2.75, 3.05) is 13.7 Å². The van der Waals surface area contributed by atoms with Crippen molar-refractivity contribution in [3.05, 3.63) is 36.4 Å². The Morgan fingerprint density at radius 1 is 1.37 bits per heavy atom. The van der Waals surface area contributed by atoms with Crippen molar-refractivity contribution in [1.82, 2.24) is 14.9 Å². The Morgan fingerprint density at radius 3 is 2.84 bits per heavy atom. The van der Waals surface area contributed by atoms with Crippen LogP contribution in [0.2, 0.25) is 0 Å². The van der Waals surface area contributed by atoms with Crippen LogP contribution in [0.4, 0.5) is 0 Å². The standard InChI is InChI=1S/C13H12N4O2/c1-3-6-19-12-5-4-11(7-13(12)18-2)8-16-17-9-14-15-10-17/h1,4-5,7-10H,6H2,2H3. The maximum Gasteiger partial charge on any atom is 0.162 e. The number of ether oxygens (including phenoxy) is 2. The van der Waals surface area contributed by atoms with Crippen molar-refractivity contribution in [3.63, 3.8) is 0 Å². The molecule has 0 aliphatic carbocycles. The molecule has 0 bridgehead atoms. The van der Waals surface area contributed by atoms with Crippen molar-refractivity contribution in [2.24, 2.45) is 5.10 Å². The van der Waals surface area contributed by atoms with Crippen LogP contribution in [0.3, 0.4) is 0 Å². The van der Waals surface area contributed by atoms with Crippen LogP contribution in [0, 0.1) is 12.3 Å². The van der Waals surface area contributed by atoms with Crippen LogP contribution in [0.1, 0.15) is 5.56 Å². The topological polar surface area (TPSA) is 61.5 Å². The summed E-state index contributed by atoms with van der Waals surface area (Å²) in [5, 5.41) is 11.4. The number of nitrogens with zero attached hydrogens (tertiary/aromatic N) is 4. The van der Waals surface area contributed by atoms with E-state index in [1.165, 1.54) is 17.3 Å². The molecule has 0 N–H and O–H groups in total. The molecule has 6 heteroatoms. The summed E-state index contributed by atoms with van der Waals surface area (Å²) in [5.74, 6) is 3.60. The summed E-state index contributed by atoms with van der Waals surface area (Å²) in [6.45, 7) is 0.199. The highest BCUT2D eigenvalue weighted by Gasteiger charge is 2.04. The molecule has 2 aromatic rings. The van der Waals surface area contributed by atoms with Crippen LogP contribution in [-0.2, 0) is 0 Å². The van der Waals surface area contributed by atoms with Crippen molar-refractivity contribution in [1.29, 1.82) is 0 Å². The lowest BCUT2D eigenvalue weighted by atomic mass is 10.2. The molecule has 1 aromatic heterocycles. The van der Waals surface area contributed by atoms with E-state index in [0.29, 0.717) is 11.5 Å². The predicted octanol–water partition coefficient (Wildman–Crippen LogP) is 1.18. The van der Waals surface area contributed by atoms with E-state index in [1.54, 1.807) is 25.5 Å². The van der Waals surface area contributed by atoms with Gasteiger partial charge in [-0.2, -0.15) is 5.10 Å². The van der Waals surface area contributed by atoms with Crippen LogP contribution in [0.15, 0.2) is 36.0 Å². The second kappa shape index (κ2) is 6.21. The van der Waals surface area contributed by atoms with Gasteiger partial charge in [0.25, 0.3) is 0 Å². The number of aromatic nitrogens is 3. The Labute approximate surface area is 110 Å². The van der Waals surface area contributed by atoms with E-state index in [2.05, 4.69) is 21.2 Å². The molecule has 0 fully saturated rings. The fourth-order valence-corrected chi connectivity index (χ4v) is 1.39. The molecule has 0 aliphatic heterocycles. The van der Waals surface area contributed by atoms with Gasteiger partial charge < -0.3 is 9.47 Å². The molecule has 0 aliphatic rings.